The van der Waals surface area contributed by atoms with Gasteiger partial charge in [0.05, 0.1) is 32.0 Å². The van der Waals surface area contributed by atoms with Gasteiger partial charge in [0.1, 0.15) is 5.82 Å². The third kappa shape index (κ3) is 3.73. The summed E-state index contributed by atoms with van der Waals surface area (Å²) in [4.78, 5) is 6.92. The summed E-state index contributed by atoms with van der Waals surface area (Å²) in [5.41, 5.74) is 1.75. The summed E-state index contributed by atoms with van der Waals surface area (Å²) in [5.74, 6) is 0.848. The third-order valence-corrected chi connectivity index (χ3v) is 3.83. The van der Waals surface area contributed by atoms with Crippen LogP contribution < -0.4 is 4.90 Å². The third-order valence-electron chi connectivity index (χ3n) is 3.83. The van der Waals surface area contributed by atoms with E-state index in [0.717, 1.165) is 17.1 Å². The summed E-state index contributed by atoms with van der Waals surface area (Å²) in [6.45, 7) is 9.61. The molecule has 0 bridgehead atoms. The zero-order valence-electron chi connectivity index (χ0n) is 13.3. The lowest BCUT2D eigenvalue weighted by molar-refractivity contribution is -0.0106. The molecule has 5 heteroatoms. The van der Waals surface area contributed by atoms with Crippen LogP contribution in [-0.4, -0.2) is 47.1 Å². The van der Waals surface area contributed by atoms with Crippen molar-refractivity contribution < 1.29 is 14.9 Å². The van der Waals surface area contributed by atoms with Crippen molar-refractivity contribution in [1.82, 2.24) is 4.98 Å². The summed E-state index contributed by atoms with van der Waals surface area (Å²) in [6.07, 6.45) is -0.182. The Labute approximate surface area is 126 Å². The standard InChI is InChI=1S/C16H26N2O3/c1-11-10-21-13(9-20)7-18(11)15-6-12(8-19)5-14(17-15)16(2,3)4/h5-6,11,13,19-20H,7-10H2,1-4H3. The molecular formula is C16H26N2O3. The lowest BCUT2D eigenvalue weighted by Gasteiger charge is -2.39. The van der Waals surface area contributed by atoms with E-state index in [-0.39, 0.29) is 30.8 Å². The van der Waals surface area contributed by atoms with Crippen LogP contribution in [0.5, 0.6) is 0 Å². The molecule has 2 heterocycles. The van der Waals surface area contributed by atoms with Crippen LogP contribution in [0.3, 0.4) is 0 Å². The molecule has 0 saturated carbocycles. The van der Waals surface area contributed by atoms with Crippen molar-refractivity contribution in [2.75, 3.05) is 24.7 Å². The van der Waals surface area contributed by atoms with Crippen LogP contribution in [0.2, 0.25) is 0 Å². The highest BCUT2D eigenvalue weighted by Crippen LogP contribution is 2.27. The molecule has 0 spiro atoms. The van der Waals surface area contributed by atoms with Crippen molar-refractivity contribution in [2.24, 2.45) is 0 Å². The highest BCUT2D eigenvalue weighted by molar-refractivity contribution is 5.45. The molecule has 0 amide bonds. The van der Waals surface area contributed by atoms with Crippen molar-refractivity contribution in [3.63, 3.8) is 0 Å². The Morgan fingerprint density at radius 1 is 1.33 bits per heavy atom. The number of hydrogen-bond donors (Lipinski definition) is 2. The molecule has 5 nitrogen and oxygen atoms in total. The maximum atomic E-state index is 9.50. The summed E-state index contributed by atoms with van der Waals surface area (Å²) < 4.78 is 5.58. The second kappa shape index (κ2) is 6.30. The van der Waals surface area contributed by atoms with Gasteiger partial charge in [0.2, 0.25) is 0 Å². The first-order valence-corrected chi connectivity index (χ1v) is 7.46. The Kier molecular flexibility index (Phi) is 4.86. The van der Waals surface area contributed by atoms with E-state index < -0.39 is 0 Å². The lowest BCUT2D eigenvalue weighted by atomic mass is 9.90. The maximum Gasteiger partial charge on any atom is 0.129 e. The van der Waals surface area contributed by atoms with Gasteiger partial charge in [0.25, 0.3) is 0 Å². The molecule has 118 valence electrons. The predicted octanol–water partition coefficient (Wildman–Crippen LogP) is 1.46. The van der Waals surface area contributed by atoms with Crippen molar-refractivity contribution in [3.8, 4) is 0 Å². The number of aliphatic hydroxyl groups is 2. The average Bonchev–Trinajstić information content (AvgIpc) is 2.46. The quantitative estimate of drug-likeness (QED) is 0.883. The molecule has 1 fully saturated rings. The van der Waals surface area contributed by atoms with Gasteiger partial charge < -0.3 is 19.8 Å². The van der Waals surface area contributed by atoms with E-state index in [1.54, 1.807) is 0 Å². The zero-order chi connectivity index (χ0) is 15.6. The predicted molar refractivity (Wildman–Crippen MR) is 82.5 cm³/mol. The van der Waals surface area contributed by atoms with Crippen LogP contribution >= 0.6 is 0 Å². The number of morpholine rings is 1. The van der Waals surface area contributed by atoms with E-state index >= 15 is 0 Å². The van der Waals surface area contributed by atoms with Crippen LogP contribution in [0.1, 0.15) is 39.0 Å². The van der Waals surface area contributed by atoms with Gasteiger partial charge >= 0.3 is 0 Å². The molecule has 2 unspecified atom stereocenters. The molecule has 1 aromatic heterocycles. The summed E-state index contributed by atoms with van der Waals surface area (Å²) in [7, 11) is 0. The minimum Gasteiger partial charge on any atom is -0.394 e. The maximum absolute atomic E-state index is 9.50. The van der Waals surface area contributed by atoms with Gasteiger partial charge in [-0.2, -0.15) is 0 Å². The van der Waals surface area contributed by atoms with E-state index in [2.05, 4.69) is 32.6 Å². The van der Waals surface area contributed by atoms with E-state index in [0.29, 0.717) is 13.2 Å². The molecule has 2 N–H and O–H groups in total. The number of aliphatic hydroxyl groups excluding tert-OH is 2. The van der Waals surface area contributed by atoms with Crippen LogP contribution in [-0.2, 0) is 16.8 Å². The fourth-order valence-corrected chi connectivity index (χ4v) is 2.44. The summed E-state index contributed by atoms with van der Waals surface area (Å²) in [6, 6.07) is 4.07. The van der Waals surface area contributed by atoms with Crippen molar-refractivity contribution in [2.45, 2.75) is 51.9 Å². The first-order valence-electron chi connectivity index (χ1n) is 7.46. The lowest BCUT2D eigenvalue weighted by Crippen LogP contribution is -2.50. The smallest absolute Gasteiger partial charge is 0.129 e. The Bertz CT molecular complexity index is 485. The van der Waals surface area contributed by atoms with Gasteiger partial charge in [-0.1, -0.05) is 20.8 Å². The van der Waals surface area contributed by atoms with Crippen LogP contribution in [0, 0.1) is 0 Å². The van der Waals surface area contributed by atoms with Crippen LogP contribution in [0.25, 0.3) is 0 Å². The first kappa shape index (κ1) is 16.2. The molecule has 21 heavy (non-hydrogen) atoms. The molecule has 1 saturated heterocycles. The molecule has 1 aliphatic rings. The number of anilines is 1. The van der Waals surface area contributed by atoms with Gasteiger partial charge in [0, 0.05) is 17.7 Å². The van der Waals surface area contributed by atoms with Crippen LogP contribution in [0.4, 0.5) is 5.82 Å². The van der Waals surface area contributed by atoms with Gasteiger partial charge in [-0.25, -0.2) is 4.98 Å². The Hall–Kier alpha value is -1.17. The van der Waals surface area contributed by atoms with E-state index in [4.69, 9.17) is 9.72 Å². The van der Waals surface area contributed by atoms with E-state index in [9.17, 15) is 10.2 Å². The zero-order valence-corrected chi connectivity index (χ0v) is 13.3. The molecule has 1 aliphatic heterocycles. The fourth-order valence-electron chi connectivity index (χ4n) is 2.44. The SMILES string of the molecule is CC1COC(CO)CN1c1cc(CO)cc(C(C)(C)C)n1. The van der Waals surface area contributed by atoms with E-state index in [1.807, 2.05) is 12.1 Å². The monoisotopic (exact) mass is 294 g/mol. The van der Waals surface area contributed by atoms with Crippen molar-refractivity contribution >= 4 is 5.82 Å². The highest BCUT2D eigenvalue weighted by Gasteiger charge is 2.28. The molecule has 1 aromatic rings. The Morgan fingerprint density at radius 3 is 2.62 bits per heavy atom. The van der Waals surface area contributed by atoms with Gasteiger partial charge in [0.15, 0.2) is 0 Å². The number of rotatable bonds is 3. The molecular weight excluding hydrogens is 268 g/mol. The van der Waals surface area contributed by atoms with Crippen molar-refractivity contribution in [3.05, 3.63) is 23.4 Å². The van der Waals surface area contributed by atoms with Crippen LogP contribution in [0.15, 0.2) is 12.1 Å². The van der Waals surface area contributed by atoms with Crippen molar-refractivity contribution in [1.29, 1.82) is 0 Å². The van der Waals surface area contributed by atoms with Gasteiger partial charge in [-0.3, -0.25) is 0 Å². The fraction of sp³-hybridized carbons (Fsp3) is 0.688. The number of ether oxygens (including phenoxy) is 1. The van der Waals surface area contributed by atoms with Gasteiger partial charge in [-0.15, -0.1) is 0 Å². The minimum absolute atomic E-state index is 0.000744. The molecule has 0 aliphatic carbocycles. The average molecular weight is 294 g/mol. The second-order valence-electron chi connectivity index (χ2n) is 6.77. The summed E-state index contributed by atoms with van der Waals surface area (Å²) in [5, 5.41) is 18.8. The molecule has 2 rings (SSSR count). The van der Waals surface area contributed by atoms with Gasteiger partial charge in [-0.05, 0) is 24.6 Å². The topological polar surface area (TPSA) is 65.8 Å². The molecule has 0 radical (unpaired) electrons. The molecule has 0 aromatic carbocycles. The first-order chi connectivity index (χ1) is 9.85. The highest BCUT2D eigenvalue weighted by atomic mass is 16.5. The number of aromatic nitrogens is 1. The summed E-state index contributed by atoms with van der Waals surface area (Å²) >= 11 is 0. The minimum atomic E-state index is -0.182. The largest absolute Gasteiger partial charge is 0.394 e. The normalized spacial score (nSPS) is 23.4. The Morgan fingerprint density at radius 2 is 2.05 bits per heavy atom. The Balaban J connectivity index is 2.37. The number of hydrogen-bond acceptors (Lipinski definition) is 5. The number of nitrogens with zero attached hydrogens (tertiary/aromatic N) is 2. The number of pyridine rings is 1. The molecule has 2 atom stereocenters. The van der Waals surface area contributed by atoms with E-state index in [1.165, 1.54) is 0 Å². The second-order valence-corrected chi connectivity index (χ2v) is 6.77.